The van der Waals surface area contributed by atoms with Crippen LogP contribution < -0.4 is 10.2 Å². The number of hydrogen-bond donors (Lipinski definition) is 1. The maximum atomic E-state index is 12.8. The minimum Gasteiger partial charge on any atom is -0.321 e. The van der Waals surface area contributed by atoms with Crippen LogP contribution in [0, 0.1) is 0 Å². The Balaban J connectivity index is 1.75. The fourth-order valence-electron chi connectivity index (χ4n) is 2.88. The highest BCUT2D eigenvalue weighted by molar-refractivity contribution is 7.99. The summed E-state index contributed by atoms with van der Waals surface area (Å²) in [4.78, 5) is 26.3. The summed E-state index contributed by atoms with van der Waals surface area (Å²) < 4.78 is 25.5. The summed E-state index contributed by atoms with van der Waals surface area (Å²) in [7, 11) is 0. The molecule has 0 aromatic heterocycles. The number of thioether (sulfide) groups is 1. The first kappa shape index (κ1) is 19.6. The zero-order chi connectivity index (χ0) is 19.4. The first-order valence-electron chi connectivity index (χ1n) is 8.41. The molecule has 3 rings (SSSR count). The van der Waals surface area contributed by atoms with E-state index in [1.165, 1.54) is 12.1 Å². The molecule has 2 amide bonds. The Morgan fingerprint density at radius 2 is 1.89 bits per heavy atom. The summed E-state index contributed by atoms with van der Waals surface area (Å²) in [5, 5.41) is 2.77. The van der Waals surface area contributed by atoms with E-state index in [1.807, 2.05) is 0 Å². The van der Waals surface area contributed by atoms with Crippen LogP contribution in [-0.2, 0) is 4.79 Å². The van der Waals surface area contributed by atoms with Crippen molar-refractivity contribution in [2.24, 2.45) is 0 Å². The van der Waals surface area contributed by atoms with Gasteiger partial charge in [-0.2, -0.15) is 8.78 Å². The number of alkyl halides is 2. The number of halogens is 3. The van der Waals surface area contributed by atoms with Crippen LogP contribution in [-0.4, -0.2) is 24.1 Å². The maximum absolute atomic E-state index is 12.8. The Morgan fingerprint density at radius 1 is 1.15 bits per heavy atom. The van der Waals surface area contributed by atoms with Gasteiger partial charge in [-0.1, -0.05) is 29.4 Å². The van der Waals surface area contributed by atoms with Crippen LogP contribution in [0.3, 0.4) is 0 Å². The first-order chi connectivity index (χ1) is 13.0. The molecule has 0 atom stereocenters. The topological polar surface area (TPSA) is 49.4 Å². The van der Waals surface area contributed by atoms with Crippen LogP contribution >= 0.6 is 23.4 Å². The fourth-order valence-corrected chi connectivity index (χ4v) is 3.80. The van der Waals surface area contributed by atoms with E-state index in [9.17, 15) is 18.4 Å². The van der Waals surface area contributed by atoms with Crippen molar-refractivity contribution in [2.75, 3.05) is 16.8 Å². The van der Waals surface area contributed by atoms with Gasteiger partial charge < -0.3 is 10.2 Å². The standard InChI is InChI=1S/C19H17ClF2N2O2S/c20-14-4-3-5-15(17(14)27-19(21)22)23-18(26)12-7-9-13(10-8-12)24-11-2-1-6-16(24)25/h3-5,7-10,19H,1-2,6,11H2,(H,23,26). The molecular formula is C19H17ClF2N2O2S. The summed E-state index contributed by atoms with van der Waals surface area (Å²) in [6, 6.07) is 11.2. The van der Waals surface area contributed by atoms with Gasteiger partial charge in [-0.3, -0.25) is 9.59 Å². The molecular weight excluding hydrogens is 394 g/mol. The second kappa shape index (κ2) is 8.71. The van der Waals surface area contributed by atoms with Crippen molar-refractivity contribution < 1.29 is 18.4 Å². The number of rotatable bonds is 5. The molecule has 8 heteroatoms. The summed E-state index contributed by atoms with van der Waals surface area (Å²) >= 11 is 6.27. The molecule has 0 bridgehead atoms. The highest BCUT2D eigenvalue weighted by Gasteiger charge is 2.20. The van der Waals surface area contributed by atoms with E-state index in [4.69, 9.17) is 11.6 Å². The number of carbonyl (C=O) groups is 2. The molecule has 27 heavy (non-hydrogen) atoms. The molecule has 2 aromatic carbocycles. The zero-order valence-corrected chi connectivity index (χ0v) is 15.8. The smallest absolute Gasteiger partial charge is 0.289 e. The van der Waals surface area contributed by atoms with Crippen molar-refractivity contribution in [3.63, 3.8) is 0 Å². The predicted molar refractivity (Wildman–Crippen MR) is 104 cm³/mol. The Morgan fingerprint density at radius 3 is 2.56 bits per heavy atom. The first-order valence-corrected chi connectivity index (χ1v) is 9.66. The number of hydrogen-bond acceptors (Lipinski definition) is 3. The van der Waals surface area contributed by atoms with Crippen molar-refractivity contribution in [1.82, 2.24) is 0 Å². The Kier molecular flexibility index (Phi) is 6.34. The predicted octanol–water partition coefficient (Wildman–Crippen LogP) is 5.42. The quantitative estimate of drug-likeness (QED) is 0.669. The lowest BCUT2D eigenvalue weighted by molar-refractivity contribution is -0.119. The molecule has 1 saturated heterocycles. The SMILES string of the molecule is O=C(Nc1cccc(Cl)c1SC(F)F)c1ccc(N2CCCCC2=O)cc1. The van der Waals surface area contributed by atoms with Crippen LogP contribution in [0.25, 0.3) is 0 Å². The molecule has 0 spiro atoms. The molecule has 2 aromatic rings. The van der Waals surface area contributed by atoms with Crippen LogP contribution in [0.5, 0.6) is 0 Å². The second-order valence-corrected chi connectivity index (χ2v) is 7.41. The summed E-state index contributed by atoms with van der Waals surface area (Å²) in [5.74, 6) is -3.02. The molecule has 1 fully saturated rings. The van der Waals surface area contributed by atoms with Crippen molar-refractivity contribution >= 4 is 46.6 Å². The summed E-state index contributed by atoms with van der Waals surface area (Å²) in [6.45, 7) is 0.668. The lowest BCUT2D eigenvalue weighted by Crippen LogP contribution is -2.35. The molecule has 1 aliphatic rings. The maximum Gasteiger partial charge on any atom is 0.289 e. The molecule has 0 aliphatic carbocycles. The van der Waals surface area contributed by atoms with E-state index >= 15 is 0 Å². The molecule has 1 aliphatic heterocycles. The van der Waals surface area contributed by atoms with E-state index in [0.717, 1.165) is 18.5 Å². The summed E-state index contributed by atoms with van der Waals surface area (Å²) in [6.07, 6.45) is 2.38. The van der Waals surface area contributed by atoms with Crippen molar-refractivity contribution in [3.05, 3.63) is 53.1 Å². The lowest BCUT2D eigenvalue weighted by atomic mass is 10.1. The van der Waals surface area contributed by atoms with Crippen molar-refractivity contribution in [2.45, 2.75) is 29.9 Å². The van der Waals surface area contributed by atoms with E-state index in [-0.39, 0.29) is 33.3 Å². The third-order valence-corrected chi connectivity index (χ3v) is 5.47. The summed E-state index contributed by atoms with van der Waals surface area (Å²) in [5.41, 5.74) is 1.33. The zero-order valence-electron chi connectivity index (χ0n) is 14.3. The van der Waals surface area contributed by atoms with Gasteiger partial charge in [-0.05, 0) is 49.2 Å². The minimum absolute atomic E-state index is 0.0750. The Hall–Kier alpha value is -2.12. The van der Waals surface area contributed by atoms with Gasteiger partial charge in [0.15, 0.2) is 0 Å². The van der Waals surface area contributed by atoms with Crippen molar-refractivity contribution in [1.29, 1.82) is 0 Å². The number of benzene rings is 2. The van der Waals surface area contributed by atoms with Gasteiger partial charge in [-0.25, -0.2) is 0 Å². The van der Waals surface area contributed by atoms with Gasteiger partial charge in [0.25, 0.3) is 11.7 Å². The van der Waals surface area contributed by atoms with Crippen LogP contribution in [0.2, 0.25) is 5.02 Å². The van der Waals surface area contributed by atoms with Crippen LogP contribution in [0.4, 0.5) is 20.2 Å². The van der Waals surface area contributed by atoms with E-state index in [0.29, 0.717) is 18.5 Å². The van der Waals surface area contributed by atoms with Gasteiger partial charge >= 0.3 is 0 Å². The molecule has 1 N–H and O–H groups in total. The average molecular weight is 411 g/mol. The molecule has 0 radical (unpaired) electrons. The minimum atomic E-state index is -2.65. The number of anilines is 2. The lowest BCUT2D eigenvalue weighted by Gasteiger charge is -2.26. The highest BCUT2D eigenvalue weighted by atomic mass is 35.5. The molecule has 142 valence electrons. The van der Waals surface area contributed by atoms with Crippen LogP contribution in [0.1, 0.15) is 29.6 Å². The average Bonchev–Trinajstić information content (AvgIpc) is 2.65. The Bertz CT molecular complexity index is 846. The number of nitrogens with zero attached hydrogens (tertiary/aromatic N) is 1. The Labute approximate surface area is 164 Å². The van der Waals surface area contributed by atoms with Crippen molar-refractivity contribution in [3.8, 4) is 0 Å². The van der Waals surface area contributed by atoms with E-state index < -0.39 is 11.7 Å². The largest absolute Gasteiger partial charge is 0.321 e. The van der Waals surface area contributed by atoms with Gasteiger partial charge in [0.05, 0.1) is 15.6 Å². The monoisotopic (exact) mass is 410 g/mol. The third kappa shape index (κ3) is 4.78. The second-order valence-electron chi connectivity index (χ2n) is 6.00. The molecule has 0 saturated carbocycles. The van der Waals surface area contributed by atoms with Gasteiger partial charge in [0.1, 0.15) is 0 Å². The molecule has 0 unspecified atom stereocenters. The number of amides is 2. The van der Waals surface area contributed by atoms with E-state index in [1.54, 1.807) is 35.2 Å². The fraction of sp³-hybridized carbons (Fsp3) is 0.263. The third-order valence-electron chi connectivity index (χ3n) is 4.19. The highest BCUT2D eigenvalue weighted by Crippen LogP contribution is 2.37. The number of nitrogens with one attached hydrogen (secondary N) is 1. The van der Waals surface area contributed by atoms with Gasteiger partial charge in [0.2, 0.25) is 5.91 Å². The van der Waals surface area contributed by atoms with Gasteiger partial charge in [-0.15, -0.1) is 0 Å². The number of piperidine rings is 1. The number of carbonyl (C=O) groups excluding carboxylic acids is 2. The normalized spacial score (nSPS) is 14.5. The van der Waals surface area contributed by atoms with E-state index in [2.05, 4.69) is 5.32 Å². The molecule has 4 nitrogen and oxygen atoms in total. The van der Waals surface area contributed by atoms with Crippen LogP contribution in [0.15, 0.2) is 47.4 Å². The molecule has 1 heterocycles. The van der Waals surface area contributed by atoms with Gasteiger partial charge in [0, 0.05) is 24.2 Å².